The van der Waals surface area contributed by atoms with Crippen LogP contribution in [0.25, 0.3) is 0 Å². The minimum Gasteiger partial charge on any atom is -0.491 e. The third kappa shape index (κ3) is 3.02. The molecule has 5 nitrogen and oxygen atoms in total. The molecule has 0 fully saturated rings. The fraction of sp³-hybridized carbons (Fsp3) is 0.312. The van der Waals surface area contributed by atoms with Crippen LogP contribution in [0.5, 0.6) is 5.75 Å². The number of amides is 1. The van der Waals surface area contributed by atoms with Gasteiger partial charge in [0.1, 0.15) is 18.7 Å². The smallest absolute Gasteiger partial charge is 0.227 e. The fourth-order valence-corrected chi connectivity index (χ4v) is 2.45. The summed E-state index contributed by atoms with van der Waals surface area (Å²) in [6.07, 6.45) is 5.13. The van der Waals surface area contributed by atoms with Crippen molar-refractivity contribution in [2.45, 2.75) is 25.9 Å². The summed E-state index contributed by atoms with van der Waals surface area (Å²) in [5.74, 6) is 0.931. The highest BCUT2D eigenvalue weighted by molar-refractivity contribution is 5.79. The van der Waals surface area contributed by atoms with Crippen molar-refractivity contribution in [1.29, 1.82) is 0 Å². The summed E-state index contributed by atoms with van der Waals surface area (Å²) in [6.45, 7) is 3.09. The zero-order chi connectivity index (χ0) is 14.7. The molecule has 21 heavy (non-hydrogen) atoms. The Morgan fingerprint density at radius 3 is 2.90 bits per heavy atom. The van der Waals surface area contributed by atoms with Crippen LogP contribution in [0.3, 0.4) is 0 Å². The number of rotatable bonds is 2. The second kappa shape index (κ2) is 5.91. The molecule has 0 saturated carbocycles. The number of aromatic nitrogens is 2. The van der Waals surface area contributed by atoms with Crippen LogP contribution in [0.1, 0.15) is 18.1 Å². The van der Waals surface area contributed by atoms with E-state index < -0.39 is 0 Å². The lowest BCUT2D eigenvalue weighted by molar-refractivity contribution is -0.133. The first-order valence-electron chi connectivity index (χ1n) is 6.98. The van der Waals surface area contributed by atoms with Crippen molar-refractivity contribution in [1.82, 2.24) is 14.9 Å². The second-order valence-electron chi connectivity index (χ2n) is 5.21. The van der Waals surface area contributed by atoms with Crippen LogP contribution in [0.4, 0.5) is 0 Å². The Labute approximate surface area is 123 Å². The lowest BCUT2D eigenvalue weighted by Crippen LogP contribution is -2.40. The highest BCUT2D eigenvalue weighted by Crippen LogP contribution is 2.25. The lowest BCUT2D eigenvalue weighted by Gasteiger charge is -2.26. The van der Waals surface area contributed by atoms with Gasteiger partial charge in [0.25, 0.3) is 0 Å². The Kier molecular flexibility index (Phi) is 3.81. The maximum atomic E-state index is 12.6. The average molecular weight is 283 g/mol. The molecule has 2 heterocycles. The monoisotopic (exact) mass is 283 g/mol. The van der Waals surface area contributed by atoms with Crippen molar-refractivity contribution in [3.8, 4) is 5.75 Å². The molecule has 1 aromatic heterocycles. The minimum absolute atomic E-state index is 0.0366. The predicted molar refractivity (Wildman–Crippen MR) is 77.7 cm³/mol. The topological polar surface area (TPSA) is 55.3 Å². The van der Waals surface area contributed by atoms with E-state index in [2.05, 4.69) is 9.97 Å². The van der Waals surface area contributed by atoms with Gasteiger partial charge in [-0.3, -0.25) is 4.79 Å². The number of para-hydroxylation sites is 1. The fourth-order valence-electron chi connectivity index (χ4n) is 2.45. The molecule has 1 aliphatic rings. The van der Waals surface area contributed by atoms with Crippen molar-refractivity contribution in [2.75, 3.05) is 6.61 Å². The van der Waals surface area contributed by atoms with Gasteiger partial charge in [-0.1, -0.05) is 18.2 Å². The maximum Gasteiger partial charge on any atom is 0.227 e. The van der Waals surface area contributed by atoms with Gasteiger partial charge in [0, 0.05) is 24.5 Å². The normalized spacial score (nSPS) is 17.6. The molecule has 1 unspecified atom stereocenters. The van der Waals surface area contributed by atoms with Crippen LogP contribution >= 0.6 is 0 Å². The number of benzene rings is 1. The number of fused-ring (bicyclic) bond motifs is 1. The maximum absolute atomic E-state index is 12.6. The molecule has 0 spiro atoms. The van der Waals surface area contributed by atoms with Gasteiger partial charge in [0.15, 0.2) is 0 Å². The van der Waals surface area contributed by atoms with Crippen LogP contribution in [0.2, 0.25) is 0 Å². The second-order valence-corrected chi connectivity index (χ2v) is 5.21. The summed E-state index contributed by atoms with van der Waals surface area (Å²) in [7, 11) is 0. The third-order valence-corrected chi connectivity index (χ3v) is 3.62. The van der Waals surface area contributed by atoms with Gasteiger partial charge in [0.05, 0.1) is 12.5 Å². The van der Waals surface area contributed by atoms with Gasteiger partial charge < -0.3 is 9.64 Å². The van der Waals surface area contributed by atoms with E-state index in [0.29, 0.717) is 19.6 Å². The summed E-state index contributed by atoms with van der Waals surface area (Å²) >= 11 is 0. The summed E-state index contributed by atoms with van der Waals surface area (Å²) in [5.41, 5.74) is 1.87. The molecule has 2 aromatic rings. The van der Waals surface area contributed by atoms with E-state index in [1.807, 2.05) is 36.1 Å². The predicted octanol–water partition coefficient (Wildman–Crippen LogP) is 1.83. The van der Waals surface area contributed by atoms with Gasteiger partial charge in [0.2, 0.25) is 5.91 Å². The molecule has 5 heteroatoms. The standard InChI is InChI=1S/C16H17N3O2/c1-12-10-21-15-5-3-2-4-14(15)9-19(12)16(20)6-13-7-17-11-18-8-13/h2-5,7-8,11-12H,6,9-10H2,1H3. The number of ether oxygens (including phenoxy) is 1. The van der Waals surface area contributed by atoms with Gasteiger partial charge in [-0.2, -0.15) is 0 Å². The Morgan fingerprint density at radius 1 is 1.33 bits per heavy atom. The summed E-state index contributed by atoms with van der Waals surface area (Å²) in [4.78, 5) is 22.3. The van der Waals surface area contributed by atoms with Crippen LogP contribution in [-0.4, -0.2) is 33.4 Å². The molecule has 3 rings (SSSR count). The van der Waals surface area contributed by atoms with E-state index in [1.54, 1.807) is 12.4 Å². The Morgan fingerprint density at radius 2 is 2.10 bits per heavy atom. The van der Waals surface area contributed by atoms with E-state index >= 15 is 0 Å². The molecule has 1 atom stereocenters. The van der Waals surface area contributed by atoms with Gasteiger partial charge in [-0.05, 0) is 18.6 Å². The van der Waals surface area contributed by atoms with E-state index in [4.69, 9.17) is 4.74 Å². The molecule has 0 saturated heterocycles. The highest BCUT2D eigenvalue weighted by Gasteiger charge is 2.25. The molecule has 1 amide bonds. The molecule has 0 radical (unpaired) electrons. The first-order chi connectivity index (χ1) is 10.2. The Balaban J connectivity index is 1.79. The Bertz CT molecular complexity index is 630. The van der Waals surface area contributed by atoms with Crippen molar-refractivity contribution >= 4 is 5.91 Å². The number of nitrogens with zero attached hydrogens (tertiary/aromatic N) is 3. The van der Waals surface area contributed by atoms with Gasteiger partial charge in [-0.25, -0.2) is 9.97 Å². The molecular formula is C16H17N3O2. The lowest BCUT2D eigenvalue weighted by atomic mass is 10.1. The molecule has 0 N–H and O–H groups in total. The van der Waals surface area contributed by atoms with Crippen LogP contribution in [0.15, 0.2) is 43.0 Å². The van der Waals surface area contributed by atoms with Crippen LogP contribution < -0.4 is 4.74 Å². The van der Waals surface area contributed by atoms with Crippen molar-refractivity contribution in [3.05, 3.63) is 54.1 Å². The molecular weight excluding hydrogens is 266 g/mol. The van der Waals surface area contributed by atoms with Crippen molar-refractivity contribution in [2.24, 2.45) is 0 Å². The zero-order valence-electron chi connectivity index (χ0n) is 11.9. The third-order valence-electron chi connectivity index (χ3n) is 3.62. The van der Waals surface area contributed by atoms with Crippen LogP contribution in [0, 0.1) is 0 Å². The van der Waals surface area contributed by atoms with E-state index in [-0.39, 0.29) is 11.9 Å². The largest absolute Gasteiger partial charge is 0.491 e. The summed E-state index contributed by atoms with van der Waals surface area (Å²) in [6, 6.07) is 7.89. The Hall–Kier alpha value is -2.43. The average Bonchev–Trinajstić information content (AvgIpc) is 2.68. The number of hydrogen-bond donors (Lipinski definition) is 0. The molecule has 0 bridgehead atoms. The summed E-state index contributed by atoms with van der Waals surface area (Å²) < 4.78 is 5.77. The minimum atomic E-state index is 0.0366. The summed E-state index contributed by atoms with van der Waals surface area (Å²) in [5, 5.41) is 0. The van der Waals surface area contributed by atoms with E-state index in [0.717, 1.165) is 16.9 Å². The molecule has 1 aliphatic heterocycles. The molecule has 108 valence electrons. The van der Waals surface area contributed by atoms with Crippen molar-refractivity contribution in [3.63, 3.8) is 0 Å². The first-order valence-corrected chi connectivity index (χ1v) is 6.98. The van der Waals surface area contributed by atoms with E-state index in [9.17, 15) is 4.79 Å². The van der Waals surface area contributed by atoms with E-state index in [1.165, 1.54) is 6.33 Å². The van der Waals surface area contributed by atoms with Gasteiger partial charge in [-0.15, -0.1) is 0 Å². The zero-order valence-corrected chi connectivity index (χ0v) is 11.9. The van der Waals surface area contributed by atoms with Crippen molar-refractivity contribution < 1.29 is 9.53 Å². The SMILES string of the molecule is CC1COc2ccccc2CN1C(=O)Cc1cncnc1. The first kappa shape index (κ1) is 13.5. The van der Waals surface area contributed by atoms with Crippen LogP contribution in [-0.2, 0) is 17.8 Å². The molecule has 0 aliphatic carbocycles. The molecule has 1 aromatic carbocycles. The number of carbonyl (C=O) groups excluding carboxylic acids is 1. The van der Waals surface area contributed by atoms with Gasteiger partial charge >= 0.3 is 0 Å². The highest BCUT2D eigenvalue weighted by atomic mass is 16.5. The quantitative estimate of drug-likeness (QED) is 0.843. The number of hydrogen-bond acceptors (Lipinski definition) is 4. The number of carbonyl (C=O) groups is 1.